The highest BCUT2D eigenvalue weighted by Gasteiger charge is 2.22. The number of hydrogen-bond acceptors (Lipinski definition) is 6. The number of aryl methyl sites for hydroxylation is 1. The molecule has 138 valence electrons. The summed E-state index contributed by atoms with van der Waals surface area (Å²) in [4.78, 5) is 20.7. The number of aromatic nitrogens is 4. The van der Waals surface area contributed by atoms with E-state index in [-0.39, 0.29) is 12.3 Å². The van der Waals surface area contributed by atoms with Gasteiger partial charge in [0.1, 0.15) is 0 Å². The lowest BCUT2D eigenvalue weighted by Crippen LogP contribution is -2.13. The largest absolute Gasteiger partial charge is 0.425 e. The first-order valence-electron chi connectivity index (χ1n) is 9.27. The molecular formula is C20H21N5O2. The molecule has 0 bridgehead atoms. The monoisotopic (exact) mass is 363 g/mol. The predicted octanol–water partition coefficient (Wildman–Crippen LogP) is 3.76. The molecular weight excluding hydrogens is 342 g/mol. The van der Waals surface area contributed by atoms with Gasteiger partial charge in [-0.2, -0.15) is 0 Å². The number of carbonyl (C=O) groups is 1. The fourth-order valence-corrected chi connectivity index (χ4v) is 3.28. The average Bonchev–Trinajstić information content (AvgIpc) is 3.39. The highest BCUT2D eigenvalue weighted by molar-refractivity contribution is 5.90. The van der Waals surface area contributed by atoms with Gasteiger partial charge in [0.2, 0.25) is 17.7 Å². The van der Waals surface area contributed by atoms with E-state index >= 15 is 0 Å². The molecule has 7 heteroatoms. The Morgan fingerprint density at radius 1 is 1.07 bits per heavy atom. The number of nitrogens with zero attached hydrogens (tertiary/aromatic N) is 4. The van der Waals surface area contributed by atoms with Crippen LogP contribution >= 0.6 is 0 Å². The van der Waals surface area contributed by atoms with Crippen molar-refractivity contribution in [3.05, 3.63) is 54.5 Å². The summed E-state index contributed by atoms with van der Waals surface area (Å²) >= 11 is 0. The van der Waals surface area contributed by atoms with Crippen molar-refractivity contribution in [3.63, 3.8) is 0 Å². The molecule has 1 aliphatic carbocycles. The highest BCUT2D eigenvalue weighted by atomic mass is 16.4. The van der Waals surface area contributed by atoms with Gasteiger partial charge in [-0.25, -0.2) is 9.97 Å². The molecule has 2 aromatic heterocycles. The van der Waals surface area contributed by atoms with E-state index in [4.69, 9.17) is 4.42 Å². The predicted molar refractivity (Wildman–Crippen MR) is 99.9 cm³/mol. The maximum Gasteiger partial charge on any atom is 0.224 e. The lowest BCUT2D eigenvalue weighted by molar-refractivity contribution is -0.116. The summed E-state index contributed by atoms with van der Waals surface area (Å²) in [5.74, 6) is 2.11. The van der Waals surface area contributed by atoms with Crippen molar-refractivity contribution in [2.45, 2.75) is 44.4 Å². The molecule has 7 nitrogen and oxygen atoms in total. The Hall–Kier alpha value is -3.09. The van der Waals surface area contributed by atoms with Crippen LogP contribution in [0, 0.1) is 0 Å². The number of hydrogen-bond donors (Lipinski definition) is 1. The minimum atomic E-state index is -0.133. The third-order valence-corrected chi connectivity index (χ3v) is 4.72. The van der Waals surface area contributed by atoms with Gasteiger partial charge in [-0.1, -0.05) is 43.2 Å². The van der Waals surface area contributed by atoms with E-state index < -0.39 is 0 Å². The number of rotatable bonds is 6. The molecule has 27 heavy (non-hydrogen) atoms. The van der Waals surface area contributed by atoms with Crippen molar-refractivity contribution in [2.75, 3.05) is 5.32 Å². The first-order valence-corrected chi connectivity index (χ1v) is 9.27. The lowest BCUT2D eigenvalue weighted by atomic mass is 10.1. The van der Waals surface area contributed by atoms with E-state index in [0.717, 1.165) is 18.4 Å². The van der Waals surface area contributed by atoms with Crippen LogP contribution in [-0.2, 0) is 11.2 Å². The van der Waals surface area contributed by atoms with Crippen LogP contribution in [0.2, 0.25) is 0 Å². The third-order valence-electron chi connectivity index (χ3n) is 4.72. The van der Waals surface area contributed by atoms with Crippen molar-refractivity contribution < 1.29 is 9.21 Å². The summed E-state index contributed by atoms with van der Waals surface area (Å²) in [6.45, 7) is 0. The van der Waals surface area contributed by atoms with Crippen molar-refractivity contribution in [2.24, 2.45) is 0 Å². The minimum absolute atomic E-state index is 0.133. The van der Waals surface area contributed by atoms with Gasteiger partial charge < -0.3 is 9.73 Å². The zero-order valence-electron chi connectivity index (χ0n) is 15.0. The standard InChI is InChI=1S/C20H21N5O2/c26-17(10-11-18-24-25-20(27-18)15-8-4-5-9-15)23-16-12-21-19(22-13-16)14-6-2-1-3-7-14/h1-3,6-7,12-13,15H,4-5,8-11H2,(H,23,26). The number of carbonyl (C=O) groups excluding carboxylic acids is 1. The topological polar surface area (TPSA) is 93.8 Å². The van der Waals surface area contributed by atoms with Crippen molar-refractivity contribution >= 4 is 11.6 Å². The van der Waals surface area contributed by atoms with Gasteiger partial charge >= 0.3 is 0 Å². The second-order valence-corrected chi connectivity index (χ2v) is 6.72. The Morgan fingerprint density at radius 2 is 1.81 bits per heavy atom. The SMILES string of the molecule is O=C(CCc1nnc(C2CCCC2)o1)Nc1cnc(-c2ccccc2)nc1. The quantitative estimate of drug-likeness (QED) is 0.717. The first kappa shape index (κ1) is 17.3. The van der Waals surface area contributed by atoms with Crippen LogP contribution < -0.4 is 5.32 Å². The van der Waals surface area contributed by atoms with Crippen LogP contribution in [0.1, 0.15) is 49.8 Å². The molecule has 1 aliphatic rings. The number of anilines is 1. The summed E-state index contributed by atoms with van der Waals surface area (Å²) in [5, 5.41) is 11.0. The molecule has 1 N–H and O–H groups in total. The summed E-state index contributed by atoms with van der Waals surface area (Å²) in [5.41, 5.74) is 1.50. The fraction of sp³-hybridized carbons (Fsp3) is 0.350. The molecule has 4 rings (SSSR count). The van der Waals surface area contributed by atoms with E-state index in [1.807, 2.05) is 30.3 Å². The fourth-order valence-electron chi connectivity index (χ4n) is 3.28. The zero-order chi connectivity index (χ0) is 18.5. The number of amides is 1. The Labute approximate surface area is 157 Å². The van der Waals surface area contributed by atoms with Crippen LogP contribution in [-0.4, -0.2) is 26.1 Å². The van der Waals surface area contributed by atoms with Crippen LogP contribution in [0.15, 0.2) is 47.1 Å². The van der Waals surface area contributed by atoms with Crippen LogP contribution in [0.5, 0.6) is 0 Å². The normalized spacial score (nSPS) is 14.4. The van der Waals surface area contributed by atoms with Gasteiger partial charge in [0.25, 0.3) is 0 Å². The highest BCUT2D eigenvalue weighted by Crippen LogP contribution is 2.33. The van der Waals surface area contributed by atoms with Crippen molar-refractivity contribution in [1.82, 2.24) is 20.2 Å². The molecule has 0 unspecified atom stereocenters. The molecule has 0 radical (unpaired) electrons. The molecule has 3 aromatic rings. The van der Waals surface area contributed by atoms with Crippen LogP contribution in [0.3, 0.4) is 0 Å². The molecule has 1 amide bonds. The van der Waals surface area contributed by atoms with Crippen LogP contribution in [0.25, 0.3) is 11.4 Å². The zero-order valence-corrected chi connectivity index (χ0v) is 15.0. The molecule has 0 atom stereocenters. The van der Waals surface area contributed by atoms with Crippen LogP contribution in [0.4, 0.5) is 5.69 Å². The Kier molecular flexibility index (Phi) is 5.18. The Morgan fingerprint density at radius 3 is 2.56 bits per heavy atom. The second-order valence-electron chi connectivity index (χ2n) is 6.72. The average molecular weight is 363 g/mol. The van der Waals surface area contributed by atoms with Crippen molar-refractivity contribution in [3.8, 4) is 11.4 Å². The molecule has 1 aromatic carbocycles. The van der Waals surface area contributed by atoms with Gasteiger partial charge in [0.15, 0.2) is 5.82 Å². The lowest BCUT2D eigenvalue weighted by Gasteiger charge is -2.05. The molecule has 1 saturated carbocycles. The van der Waals surface area contributed by atoms with E-state index in [1.54, 1.807) is 12.4 Å². The van der Waals surface area contributed by atoms with Gasteiger partial charge in [0, 0.05) is 24.3 Å². The molecule has 2 heterocycles. The van der Waals surface area contributed by atoms with Gasteiger partial charge in [-0.05, 0) is 12.8 Å². The Balaban J connectivity index is 1.29. The summed E-state index contributed by atoms with van der Waals surface area (Å²) in [6, 6.07) is 9.70. The Bertz CT molecular complexity index is 886. The summed E-state index contributed by atoms with van der Waals surface area (Å²) in [6.07, 6.45) is 8.57. The van der Waals surface area contributed by atoms with E-state index in [9.17, 15) is 4.79 Å². The van der Waals surface area contributed by atoms with Crippen molar-refractivity contribution in [1.29, 1.82) is 0 Å². The molecule has 0 saturated heterocycles. The maximum atomic E-state index is 12.1. The van der Waals surface area contributed by atoms with Gasteiger partial charge in [-0.3, -0.25) is 4.79 Å². The summed E-state index contributed by atoms with van der Waals surface area (Å²) < 4.78 is 5.71. The summed E-state index contributed by atoms with van der Waals surface area (Å²) in [7, 11) is 0. The second kappa shape index (κ2) is 8.07. The van der Waals surface area contributed by atoms with Gasteiger partial charge in [-0.15, -0.1) is 10.2 Å². The number of benzene rings is 1. The molecule has 0 spiro atoms. The minimum Gasteiger partial charge on any atom is -0.425 e. The maximum absolute atomic E-state index is 12.1. The number of nitrogens with one attached hydrogen (secondary N) is 1. The third kappa shape index (κ3) is 4.36. The van der Waals surface area contributed by atoms with Gasteiger partial charge in [0.05, 0.1) is 18.1 Å². The molecule has 1 fully saturated rings. The smallest absolute Gasteiger partial charge is 0.224 e. The van der Waals surface area contributed by atoms with E-state index in [0.29, 0.717) is 35.6 Å². The van der Waals surface area contributed by atoms with E-state index in [1.165, 1.54) is 12.8 Å². The van der Waals surface area contributed by atoms with E-state index in [2.05, 4.69) is 25.5 Å². The first-order chi connectivity index (χ1) is 13.3. The molecule has 0 aliphatic heterocycles.